The minimum atomic E-state index is -3.54. The molecule has 1 aromatic heterocycles. The minimum Gasteiger partial charge on any atom is -0.353 e. The third-order valence-corrected chi connectivity index (χ3v) is 8.02. The Labute approximate surface area is 237 Å². The number of allylic oxidation sites excluding steroid dienone is 3. The SMILES string of the molecule is CCONC(=O)c1cnc(NC(/C=C\C(C)=C(/C)CC)=N/C)cc1Nc1ccc(C2CC2)cc1N(C)S(C)(=O)=O. The van der Waals surface area contributed by atoms with Crippen LogP contribution >= 0.6 is 0 Å². The van der Waals surface area contributed by atoms with Crippen LogP contribution in [0.25, 0.3) is 0 Å². The second-order valence-corrected chi connectivity index (χ2v) is 11.8. The number of hydrogen-bond acceptors (Lipinski definition) is 7. The van der Waals surface area contributed by atoms with Crippen LogP contribution in [0.5, 0.6) is 0 Å². The molecule has 3 N–H and O–H groups in total. The van der Waals surface area contributed by atoms with Crippen LogP contribution in [0.15, 0.2) is 58.8 Å². The highest BCUT2D eigenvalue weighted by Crippen LogP contribution is 2.43. The number of sulfonamides is 1. The first-order valence-electron chi connectivity index (χ1n) is 13.3. The number of hydroxylamine groups is 1. The number of carbonyl (C=O) groups excluding carboxylic acids is 1. The molecule has 1 amide bonds. The molecule has 1 saturated carbocycles. The van der Waals surface area contributed by atoms with E-state index in [0.717, 1.165) is 36.7 Å². The molecule has 3 rings (SSSR count). The van der Waals surface area contributed by atoms with Crippen LogP contribution < -0.4 is 20.4 Å². The Kier molecular flexibility index (Phi) is 10.5. The number of benzene rings is 1. The summed E-state index contributed by atoms with van der Waals surface area (Å²) in [4.78, 5) is 26.8. The molecule has 11 heteroatoms. The Morgan fingerprint density at radius 1 is 1.18 bits per heavy atom. The monoisotopic (exact) mass is 568 g/mol. The Balaban J connectivity index is 2.02. The van der Waals surface area contributed by atoms with Crippen molar-refractivity contribution in [1.82, 2.24) is 10.5 Å². The second-order valence-electron chi connectivity index (χ2n) is 9.77. The zero-order chi connectivity index (χ0) is 29.4. The lowest BCUT2D eigenvalue weighted by Crippen LogP contribution is -2.26. The molecule has 0 radical (unpaired) electrons. The van der Waals surface area contributed by atoms with Gasteiger partial charge in [-0.25, -0.2) is 18.9 Å². The van der Waals surface area contributed by atoms with Gasteiger partial charge in [-0.15, -0.1) is 0 Å². The fourth-order valence-electron chi connectivity index (χ4n) is 3.84. The molecule has 0 saturated heterocycles. The van der Waals surface area contributed by atoms with E-state index >= 15 is 0 Å². The van der Waals surface area contributed by atoms with Gasteiger partial charge in [-0.1, -0.05) is 30.2 Å². The summed E-state index contributed by atoms with van der Waals surface area (Å²) in [6.45, 7) is 8.31. The maximum absolute atomic E-state index is 12.9. The van der Waals surface area contributed by atoms with Gasteiger partial charge >= 0.3 is 0 Å². The molecule has 10 nitrogen and oxygen atoms in total. The van der Waals surface area contributed by atoms with Crippen LogP contribution in [0, 0.1) is 0 Å². The number of nitrogens with zero attached hydrogens (tertiary/aromatic N) is 3. The summed E-state index contributed by atoms with van der Waals surface area (Å²) in [5, 5.41) is 6.47. The number of amides is 1. The van der Waals surface area contributed by atoms with Crippen LogP contribution in [0.2, 0.25) is 0 Å². The summed E-state index contributed by atoms with van der Waals surface area (Å²) < 4.78 is 26.2. The highest BCUT2D eigenvalue weighted by Gasteiger charge is 2.26. The highest BCUT2D eigenvalue weighted by molar-refractivity contribution is 7.92. The average molecular weight is 569 g/mol. The van der Waals surface area contributed by atoms with E-state index in [1.54, 1.807) is 20.0 Å². The molecule has 0 spiro atoms. The van der Waals surface area contributed by atoms with Crippen molar-refractivity contribution in [2.24, 2.45) is 4.99 Å². The molecule has 1 aromatic carbocycles. The standard InChI is InChI=1S/C29H40N6O4S/c1-8-19(3)20(4)10-15-27(30-5)33-28-17-25(23(18-31-28)29(36)34-39-9-2)32-24-14-13-22(21-11-12-21)16-26(24)35(6)40(7,37)38/h10,13-18,21H,8-9,11-12H2,1-7H3,(H,34,36)(H2,30,31,32,33)/b15-10-,20-19+. The van der Waals surface area contributed by atoms with Gasteiger partial charge in [-0.05, 0) is 69.7 Å². The van der Waals surface area contributed by atoms with Gasteiger partial charge in [0.05, 0.1) is 35.5 Å². The summed E-state index contributed by atoms with van der Waals surface area (Å²) in [6.07, 6.45) is 9.58. The van der Waals surface area contributed by atoms with Crippen molar-refractivity contribution in [1.29, 1.82) is 0 Å². The second kappa shape index (κ2) is 13.6. The van der Waals surface area contributed by atoms with Crippen LogP contribution in [0.3, 0.4) is 0 Å². The van der Waals surface area contributed by atoms with Crippen molar-refractivity contribution in [3.8, 4) is 0 Å². The summed E-state index contributed by atoms with van der Waals surface area (Å²) in [7, 11) is -0.346. The van der Waals surface area contributed by atoms with Gasteiger partial charge in [-0.3, -0.25) is 18.9 Å². The highest BCUT2D eigenvalue weighted by atomic mass is 32.2. The Hall–Kier alpha value is -3.70. The number of amidine groups is 1. The lowest BCUT2D eigenvalue weighted by Gasteiger charge is -2.23. The van der Waals surface area contributed by atoms with E-state index in [4.69, 9.17) is 4.84 Å². The largest absolute Gasteiger partial charge is 0.353 e. The van der Waals surface area contributed by atoms with Gasteiger partial charge < -0.3 is 10.6 Å². The quantitative estimate of drug-likeness (QED) is 0.133. The number of pyridine rings is 1. The number of carbonyl (C=O) groups is 1. The molecule has 40 heavy (non-hydrogen) atoms. The molecule has 0 atom stereocenters. The van der Waals surface area contributed by atoms with Crippen molar-refractivity contribution < 1.29 is 18.0 Å². The summed E-state index contributed by atoms with van der Waals surface area (Å²) >= 11 is 0. The van der Waals surface area contributed by atoms with Crippen LogP contribution in [-0.2, 0) is 14.9 Å². The van der Waals surface area contributed by atoms with E-state index in [2.05, 4.69) is 39.9 Å². The molecule has 0 unspecified atom stereocenters. The molecule has 1 fully saturated rings. The van der Waals surface area contributed by atoms with Gasteiger partial charge in [-0.2, -0.15) is 0 Å². The molecular formula is C29H40N6O4S. The summed E-state index contributed by atoms with van der Waals surface area (Å²) in [6, 6.07) is 7.40. The number of anilines is 4. The smallest absolute Gasteiger partial charge is 0.278 e. The normalized spacial score (nSPS) is 14.6. The van der Waals surface area contributed by atoms with Gasteiger partial charge in [0.2, 0.25) is 10.0 Å². The molecule has 1 aliphatic rings. The lowest BCUT2D eigenvalue weighted by atomic mass is 10.1. The van der Waals surface area contributed by atoms with E-state index in [-0.39, 0.29) is 5.56 Å². The zero-order valence-electron chi connectivity index (χ0n) is 24.3. The van der Waals surface area contributed by atoms with Crippen molar-refractivity contribution >= 4 is 44.6 Å². The lowest BCUT2D eigenvalue weighted by molar-refractivity contribution is 0.0365. The first-order valence-corrected chi connectivity index (χ1v) is 15.2. The summed E-state index contributed by atoms with van der Waals surface area (Å²) in [5.74, 6) is 0.974. The number of hydrogen-bond donors (Lipinski definition) is 3. The summed E-state index contributed by atoms with van der Waals surface area (Å²) in [5.41, 5.74) is 7.57. The molecule has 1 aliphatic carbocycles. The van der Waals surface area contributed by atoms with Crippen LogP contribution in [0.1, 0.15) is 68.8 Å². The number of aromatic nitrogens is 1. The maximum atomic E-state index is 12.9. The number of nitrogens with one attached hydrogen (secondary N) is 3. The third kappa shape index (κ3) is 8.15. The number of aliphatic imine (C=N–C) groups is 1. The fourth-order valence-corrected chi connectivity index (χ4v) is 4.35. The van der Waals surface area contributed by atoms with E-state index in [0.29, 0.717) is 41.2 Å². The molecule has 2 aromatic rings. The third-order valence-electron chi connectivity index (χ3n) is 6.83. The maximum Gasteiger partial charge on any atom is 0.278 e. The molecule has 0 bridgehead atoms. The van der Waals surface area contributed by atoms with E-state index < -0.39 is 15.9 Å². The van der Waals surface area contributed by atoms with Crippen molar-refractivity contribution in [3.05, 3.63) is 64.9 Å². The topological polar surface area (TPSA) is 125 Å². The van der Waals surface area contributed by atoms with Crippen molar-refractivity contribution in [3.63, 3.8) is 0 Å². The average Bonchev–Trinajstić information content (AvgIpc) is 3.78. The van der Waals surface area contributed by atoms with Gasteiger partial charge in [0, 0.05) is 26.4 Å². The zero-order valence-corrected chi connectivity index (χ0v) is 25.1. The van der Waals surface area contributed by atoms with E-state index in [1.165, 1.54) is 23.1 Å². The predicted octanol–water partition coefficient (Wildman–Crippen LogP) is 5.52. The first-order chi connectivity index (χ1) is 19.0. The molecule has 0 aliphatic heterocycles. The van der Waals surface area contributed by atoms with Crippen LogP contribution in [0.4, 0.5) is 22.9 Å². The predicted molar refractivity (Wildman–Crippen MR) is 163 cm³/mol. The van der Waals surface area contributed by atoms with Gasteiger partial charge in [0.15, 0.2) is 0 Å². The van der Waals surface area contributed by atoms with E-state index in [1.807, 2.05) is 37.3 Å². The van der Waals surface area contributed by atoms with E-state index in [9.17, 15) is 13.2 Å². The van der Waals surface area contributed by atoms with Crippen LogP contribution in [-0.4, -0.2) is 52.1 Å². The Morgan fingerprint density at radius 3 is 2.50 bits per heavy atom. The van der Waals surface area contributed by atoms with Crippen molar-refractivity contribution in [2.45, 2.75) is 52.9 Å². The fraction of sp³-hybridized carbons (Fsp3) is 0.414. The molecule has 1 heterocycles. The Morgan fingerprint density at radius 2 is 1.90 bits per heavy atom. The molecule has 216 valence electrons. The van der Waals surface area contributed by atoms with Crippen molar-refractivity contribution in [2.75, 3.05) is 41.9 Å². The van der Waals surface area contributed by atoms with Gasteiger partial charge in [0.25, 0.3) is 5.91 Å². The number of rotatable bonds is 12. The first kappa shape index (κ1) is 30.8. The minimum absolute atomic E-state index is 0.223. The molecular weight excluding hydrogens is 528 g/mol. The Bertz CT molecular complexity index is 1430. The van der Waals surface area contributed by atoms with Gasteiger partial charge in [0.1, 0.15) is 11.7 Å².